The fourth-order valence-electron chi connectivity index (χ4n) is 2.60. The highest BCUT2D eigenvalue weighted by Crippen LogP contribution is 2.20. The van der Waals surface area contributed by atoms with Gasteiger partial charge in [-0.2, -0.15) is 0 Å². The number of nitrogens with one attached hydrogen (secondary N) is 2. The summed E-state index contributed by atoms with van der Waals surface area (Å²) in [6.45, 7) is 1.28. The number of benzene rings is 2. The zero-order valence-electron chi connectivity index (χ0n) is 13.8. The molecule has 1 amide bonds. The number of carbonyl (C=O) groups excluding carboxylic acids is 1. The third-order valence-corrected chi connectivity index (χ3v) is 4.11. The molecule has 0 saturated heterocycles. The zero-order chi connectivity index (χ0) is 18.9. The predicted molar refractivity (Wildman–Crippen MR) is 92.8 cm³/mol. The van der Waals surface area contributed by atoms with E-state index in [0.29, 0.717) is 10.9 Å². The van der Waals surface area contributed by atoms with Gasteiger partial charge in [0.05, 0.1) is 12.1 Å². The molecular formula is C19H16F2N2O3. The first-order chi connectivity index (χ1) is 12.3. The maximum Gasteiger partial charge on any atom is 0.261 e. The summed E-state index contributed by atoms with van der Waals surface area (Å²) < 4.78 is 26.2. The molecule has 3 N–H and O–H groups in total. The average molecular weight is 358 g/mol. The van der Waals surface area contributed by atoms with E-state index >= 15 is 0 Å². The van der Waals surface area contributed by atoms with Crippen molar-refractivity contribution in [3.8, 4) is 0 Å². The minimum absolute atomic E-state index is 0.154. The van der Waals surface area contributed by atoms with Crippen molar-refractivity contribution in [2.24, 2.45) is 0 Å². The molecule has 2 aromatic carbocycles. The summed E-state index contributed by atoms with van der Waals surface area (Å²) in [4.78, 5) is 26.9. The summed E-state index contributed by atoms with van der Waals surface area (Å²) in [7, 11) is 0. The SMILES string of the molecule is CC(O)(CNC(=O)c1cc2ccc(F)cc2[nH]c1=O)c1ccc(F)cc1. The highest BCUT2D eigenvalue weighted by molar-refractivity contribution is 5.97. The molecule has 0 aliphatic heterocycles. The van der Waals surface area contributed by atoms with Crippen LogP contribution in [-0.2, 0) is 5.60 Å². The fourth-order valence-corrected chi connectivity index (χ4v) is 2.60. The number of halogens is 2. The van der Waals surface area contributed by atoms with Crippen molar-refractivity contribution in [1.29, 1.82) is 0 Å². The highest BCUT2D eigenvalue weighted by Gasteiger charge is 2.24. The van der Waals surface area contributed by atoms with Crippen LogP contribution in [0, 0.1) is 11.6 Å². The van der Waals surface area contributed by atoms with Crippen LogP contribution >= 0.6 is 0 Å². The summed E-state index contributed by atoms with van der Waals surface area (Å²) >= 11 is 0. The van der Waals surface area contributed by atoms with Gasteiger partial charge in [0, 0.05) is 0 Å². The maximum atomic E-state index is 13.2. The van der Waals surface area contributed by atoms with E-state index in [1.807, 2.05) is 0 Å². The van der Waals surface area contributed by atoms with Gasteiger partial charge >= 0.3 is 0 Å². The van der Waals surface area contributed by atoms with Crippen LogP contribution in [0.25, 0.3) is 10.9 Å². The second kappa shape index (κ2) is 6.68. The van der Waals surface area contributed by atoms with Crippen molar-refractivity contribution in [3.63, 3.8) is 0 Å². The number of rotatable bonds is 4. The van der Waals surface area contributed by atoms with E-state index in [4.69, 9.17) is 0 Å². The molecule has 0 aliphatic rings. The molecule has 1 aromatic heterocycles. The van der Waals surface area contributed by atoms with Gasteiger partial charge < -0.3 is 15.4 Å². The normalized spacial score (nSPS) is 13.4. The Hall–Kier alpha value is -3.06. The maximum absolute atomic E-state index is 13.2. The first kappa shape index (κ1) is 17.8. The van der Waals surface area contributed by atoms with E-state index < -0.39 is 28.7 Å². The molecule has 1 unspecified atom stereocenters. The van der Waals surface area contributed by atoms with Gasteiger partial charge in [0.2, 0.25) is 0 Å². The van der Waals surface area contributed by atoms with Crippen LogP contribution in [0.3, 0.4) is 0 Å². The smallest absolute Gasteiger partial charge is 0.261 e. The Labute approximate surface area is 147 Å². The Balaban J connectivity index is 1.80. The molecule has 134 valence electrons. The fraction of sp³-hybridized carbons (Fsp3) is 0.158. The van der Waals surface area contributed by atoms with E-state index in [-0.39, 0.29) is 17.6 Å². The molecule has 3 aromatic rings. The summed E-state index contributed by atoms with van der Waals surface area (Å²) in [5.41, 5.74) is -1.57. The van der Waals surface area contributed by atoms with Gasteiger partial charge in [0.1, 0.15) is 22.8 Å². The molecule has 1 atom stereocenters. The molecule has 3 rings (SSSR count). The van der Waals surface area contributed by atoms with Crippen molar-refractivity contribution in [2.75, 3.05) is 6.54 Å². The van der Waals surface area contributed by atoms with Gasteiger partial charge in [-0.3, -0.25) is 9.59 Å². The van der Waals surface area contributed by atoms with Crippen molar-refractivity contribution in [2.45, 2.75) is 12.5 Å². The molecule has 0 fully saturated rings. The number of fused-ring (bicyclic) bond motifs is 1. The van der Waals surface area contributed by atoms with Crippen LogP contribution in [0.2, 0.25) is 0 Å². The molecule has 0 saturated carbocycles. The van der Waals surface area contributed by atoms with Crippen LogP contribution in [0.4, 0.5) is 8.78 Å². The molecule has 26 heavy (non-hydrogen) atoms. The third-order valence-electron chi connectivity index (χ3n) is 4.11. The van der Waals surface area contributed by atoms with Crippen molar-refractivity contribution < 1.29 is 18.7 Å². The van der Waals surface area contributed by atoms with Gasteiger partial charge in [-0.1, -0.05) is 12.1 Å². The average Bonchev–Trinajstić information content (AvgIpc) is 2.59. The number of pyridine rings is 1. The van der Waals surface area contributed by atoms with Crippen LogP contribution in [-0.4, -0.2) is 22.5 Å². The lowest BCUT2D eigenvalue weighted by molar-refractivity contribution is 0.0525. The molecule has 0 bridgehead atoms. The number of hydrogen-bond acceptors (Lipinski definition) is 3. The second-order valence-corrected chi connectivity index (χ2v) is 6.21. The van der Waals surface area contributed by atoms with Gasteiger partial charge in [-0.05, 0) is 54.3 Å². The Morgan fingerprint density at radius 2 is 1.77 bits per heavy atom. The first-order valence-electron chi connectivity index (χ1n) is 7.85. The lowest BCUT2D eigenvalue weighted by atomic mass is 9.96. The molecular weight excluding hydrogens is 342 g/mol. The van der Waals surface area contributed by atoms with E-state index in [1.54, 1.807) is 0 Å². The number of amides is 1. The van der Waals surface area contributed by atoms with E-state index in [2.05, 4.69) is 10.3 Å². The zero-order valence-corrected chi connectivity index (χ0v) is 13.8. The monoisotopic (exact) mass is 358 g/mol. The molecule has 5 nitrogen and oxygen atoms in total. The second-order valence-electron chi connectivity index (χ2n) is 6.21. The summed E-state index contributed by atoms with van der Waals surface area (Å²) in [5.74, 6) is -1.62. The largest absolute Gasteiger partial charge is 0.384 e. The predicted octanol–water partition coefficient (Wildman–Crippen LogP) is 2.44. The van der Waals surface area contributed by atoms with Gasteiger partial charge in [0.15, 0.2) is 0 Å². The van der Waals surface area contributed by atoms with E-state index in [9.17, 15) is 23.5 Å². The van der Waals surface area contributed by atoms with Gasteiger partial charge in [-0.15, -0.1) is 0 Å². The summed E-state index contributed by atoms with van der Waals surface area (Å²) in [6, 6.07) is 10.4. The topological polar surface area (TPSA) is 82.2 Å². The lowest BCUT2D eigenvalue weighted by Gasteiger charge is -2.24. The summed E-state index contributed by atoms with van der Waals surface area (Å²) in [6.07, 6.45) is 0. The molecule has 0 spiro atoms. The molecule has 1 heterocycles. The Morgan fingerprint density at radius 1 is 1.12 bits per heavy atom. The van der Waals surface area contributed by atoms with Crippen LogP contribution in [0.5, 0.6) is 0 Å². The number of aromatic nitrogens is 1. The number of aliphatic hydroxyl groups is 1. The van der Waals surface area contributed by atoms with Gasteiger partial charge in [0.25, 0.3) is 11.5 Å². The number of carbonyl (C=O) groups is 1. The van der Waals surface area contributed by atoms with Crippen LogP contribution in [0.1, 0.15) is 22.8 Å². The Kier molecular flexibility index (Phi) is 4.56. The number of hydrogen-bond donors (Lipinski definition) is 3. The van der Waals surface area contributed by atoms with E-state index in [1.165, 1.54) is 49.4 Å². The Bertz CT molecular complexity index is 1030. The Morgan fingerprint density at radius 3 is 2.46 bits per heavy atom. The van der Waals surface area contributed by atoms with Crippen molar-refractivity contribution in [3.05, 3.63) is 81.6 Å². The summed E-state index contributed by atoms with van der Waals surface area (Å²) in [5, 5.41) is 13.5. The number of aromatic amines is 1. The minimum Gasteiger partial charge on any atom is -0.384 e. The quantitative estimate of drug-likeness (QED) is 0.670. The van der Waals surface area contributed by atoms with Crippen molar-refractivity contribution in [1.82, 2.24) is 10.3 Å². The first-order valence-corrected chi connectivity index (χ1v) is 7.85. The standard InChI is InChI=1S/C19H16F2N2O3/c1-19(26,12-3-6-13(20)7-4-12)10-22-17(24)15-8-11-2-5-14(21)9-16(11)23-18(15)25/h2-9,26H,10H2,1H3,(H,22,24)(H,23,25). The third kappa shape index (κ3) is 3.62. The van der Waals surface area contributed by atoms with Crippen LogP contribution < -0.4 is 10.9 Å². The molecule has 0 radical (unpaired) electrons. The highest BCUT2D eigenvalue weighted by atomic mass is 19.1. The minimum atomic E-state index is -1.45. The number of H-pyrrole nitrogens is 1. The van der Waals surface area contributed by atoms with Crippen LogP contribution in [0.15, 0.2) is 53.3 Å². The molecule has 7 heteroatoms. The molecule has 0 aliphatic carbocycles. The lowest BCUT2D eigenvalue weighted by Crippen LogP contribution is -2.40. The van der Waals surface area contributed by atoms with Gasteiger partial charge in [-0.25, -0.2) is 8.78 Å². The van der Waals surface area contributed by atoms with Crippen molar-refractivity contribution >= 4 is 16.8 Å². The van der Waals surface area contributed by atoms with E-state index in [0.717, 1.165) is 6.07 Å².